The first-order chi connectivity index (χ1) is 10.8. The lowest BCUT2D eigenvalue weighted by atomic mass is 10.1. The van der Waals surface area contributed by atoms with Gasteiger partial charge in [0, 0.05) is 13.1 Å². The van der Waals surface area contributed by atoms with Crippen LogP contribution in [-0.4, -0.2) is 32.1 Å². The van der Waals surface area contributed by atoms with Gasteiger partial charge in [-0.2, -0.15) is 0 Å². The number of hydrogen-bond acceptors (Lipinski definition) is 3. The van der Waals surface area contributed by atoms with Crippen molar-refractivity contribution in [2.45, 2.75) is 6.42 Å². The van der Waals surface area contributed by atoms with Gasteiger partial charge in [0.25, 0.3) is 0 Å². The molecule has 112 valence electrons. The summed E-state index contributed by atoms with van der Waals surface area (Å²) in [5.74, 6) is 1.03. The molecule has 0 atom stereocenters. The number of ether oxygens (including phenoxy) is 1. The van der Waals surface area contributed by atoms with E-state index in [1.165, 1.54) is 0 Å². The third kappa shape index (κ3) is 2.21. The highest BCUT2D eigenvalue weighted by Gasteiger charge is 2.31. The summed E-state index contributed by atoms with van der Waals surface area (Å²) in [6.07, 6.45) is 0.436. The number of rotatable bonds is 2. The molecule has 0 radical (unpaired) electrons. The molecule has 2 aliphatic rings. The van der Waals surface area contributed by atoms with E-state index in [-0.39, 0.29) is 5.91 Å². The zero-order valence-corrected chi connectivity index (χ0v) is 12.4. The van der Waals surface area contributed by atoms with E-state index in [0.717, 1.165) is 42.3 Å². The molecule has 0 unspecified atom stereocenters. The highest BCUT2D eigenvalue weighted by molar-refractivity contribution is 6.00. The predicted octanol–water partition coefficient (Wildman–Crippen LogP) is 2.47. The summed E-state index contributed by atoms with van der Waals surface area (Å²) in [5.41, 5.74) is 3.10. The molecule has 2 heterocycles. The van der Waals surface area contributed by atoms with Crippen LogP contribution in [0.4, 0.5) is 11.4 Å². The first-order valence-corrected chi connectivity index (χ1v) is 7.68. The van der Waals surface area contributed by atoms with Crippen LogP contribution in [0.3, 0.4) is 0 Å². The van der Waals surface area contributed by atoms with Crippen LogP contribution < -0.4 is 14.5 Å². The smallest absolute Gasteiger partial charge is 0.231 e. The van der Waals surface area contributed by atoms with Crippen molar-refractivity contribution in [2.24, 2.45) is 0 Å². The van der Waals surface area contributed by atoms with Crippen LogP contribution in [0.5, 0.6) is 5.75 Å². The number of carbonyl (C=O) groups excluding carboxylic acids is 1. The van der Waals surface area contributed by atoms with Crippen LogP contribution in [0.1, 0.15) is 5.56 Å². The van der Waals surface area contributed by atoms with Gasteiger partial charge in [-0.25, -0.2) is 0 Å². The second-order valence-corrected chi connectivity index (χ2v) is 5.67. The molecule has 0 spiro atoms. The largest absolute Gasteiger partial charge is 0.489 e. The Balaban J connectivity index is 1.65. The molecular weight excluding hydrogens is 276 g/mol. The van der Waals surface area contributed by atoms with Gasteiger partial charge >= 0.3 is 0 Å². The predicted molar refractivity (Wildman–Crippen MR) is 86.6 cm³/mol. The minimum Gasteiger partial charge on any atom is -0.489 e. The summed E-state index contributed by atoms with van der Waals surface area (Å²) in [7, 11) is 0. The van der Waals surface area contributed by atoms with Crippen LogP contribution in [-0.2, 0) is 11.2 Å². The quantitative estimate of drug-likeness (QED) is 0.853. The van der Waals surface area contributed by atoms with Crippen molar-refractivity contribution in [3.63, 3.8) is 0 Å². The Labute approximate surface area is 129 Å². The fourth-order valence-electron chi connectivity index (χ4n) is 3.23. The minimum absolute atomic E-state index is 0.143. The Hall–Kier alpha value is -2.49. The van der Waals surface area contributed by atoms with E-state index in [1.807, 2.05) is 53.4 Å². The van der Waals surface area contributed by atoms with Gasteiger partial charge < -0.3 is 14.5 Å². The highest BCUT2D eigenvalue weighted by Crippen LogP contribution is 2.42. The Morgan fingerprint density at radius 2 is 1.86 bits per heavy atom. The third-order valence-electron chi connectivity index (χ3n) is 4.30. The number of anilines is 2. The monoisotopic (exact) mass is 294 g/mol. The summed E-state index contributed by atoms with van der Waals surface area (Å²) in [6.45, 7) is 3.22. The maximum Gasteiger partial charge on any atom is 0.231 e. The van der Waals surface area contributed by atoms with Crippen molar-refractivity contribution in [3.8, 4) is 5.75 Å². The molecular formula is C18H18N2O2. The summed E-state index contributed by atoms with van der Waals surface area (Å²) in [5, 5.41) is 0. The molecule has 2 aliphatic heterocycles. The minimum atomic E-state index is 0.143. The van der Waals surface area contributed by atoms with Gasteiger partial charge in [0.05, 0.1) is 18.7 Å². The first kappa shape index (κ1) is 13.2. The van der Waals surface area contributed by atoms with E-state index in [4.69, 9.17) is 4.74 Å². The number of carbonyl (C=O) groups is 1. The number of para-hydroxylation sites is 1. The van der Waals surface area contributed by atoms with Gasteiger partial charge in [0.1, 0.15) is 18.0 Å². The van der Waals surface area contributed by atoms with Gasteiger partial charge in [-0.3, -0.25) is 4.79 Å². The molecule has 4 nitrogen and oxygen atoms in total. The number of hydrogen-bond donors (Lipinski definition) is 0. The molecule has 4 heteroatoms. The van der Waals surface area contributed by atoms with Crippen molar-refractivity contribution >= 4 is 17.3 Å². The third-order valence-corrected chi connectivity index (χ3v) is 4.30. The van der Waals surface area contributed by atoms with E-state index in [2.05, 4.69) is 4.90 Å². The molecule has 0 aliphatic carbocycles. The Morgan fingerprint density at radius 3 is 2.73 bits per heavy atom. The van der Waals surface area contributed by atoms with Crippen LogP contribution in [0, 0.1) is 0 Å². The Morgan fingerprint density at radius 1 is 1.00 bits per heavy atom. The number of amides is 1. The maximum absolute atomic E-state index is 12.7. The second kappa shape index (κ2) is 5.37. The summed E-state index contributed by atoms with van der Waals surface area (Å²) in [4.78, 5) is 16.9. The summed E-state index contributed by atoms with van der Waals surface area (Å²) < 4.78 is 5.74. The van der Waals surface area contributed by atoms with Gasteiger partial charge in [-0.15, -0.1) is 0 Å². The van der Waals surface area contributed by atoms with E-state index < -0.39 is 0 Å². The van der Waals surface area contributed by atoms with E-state index in [9.17, 15) is 4.79 Å². The summed E-state index contributed by atoms with van der Waals surface area (Å²) in [6, 6.07) is 15.9. The van der Waals surface area contributed by atoms with Crippen molar-refractivity contribution in [1.29, 1.82) is 0 Å². The standard InChI is InChI=1S/C18H18N2O2/c21-17(13-14-5-2-1-3-6-14)20-10-9-19-11-12-22-16-8-4-7-15(20)18(16)19/h1-8H,9-13H2. The zero-order valence-electron chi connectivity index (χ0n) is 12.4. The average molecular weight is 294 g/mol. The molecule has 4 rings (SSSR count). The normalized spacial score (nSPS) is 16.0. The first-order valence-electron chi connectivity index (χ1n) is 7.68. The number of nitrogens with zero attached hydrogens (tertiary/aromatic N) is 2. The SMILES string of the molecule is O=C(Cc1ccccc1)N1CCN2CCOc3cccc1c32. The van der Waals surface area contributed by atoms with E-state index in [1.54, 1.807) is 0 Å². The zero-order chi connectivity index (χ0) is 14.9. The van der Waals surface area contributed by atoms with Crippen molar-refractivity contribution in [2.75, 3.05) is 36.0 Å². The van der Waals surface area contributed by atoms with Gasteiger partial charge in [-0.1, -0.05) is 36.4 Å². The van der Waals surface area contributed by atoms with Crippen molar-refractivity contribution in [3.05, 3.63) is 54.1 Å². The van der Waals surface area contributed by atoms with Crippen LogP contribution in [0.15, 0.2) is 48.5 Å². The molecule has 0 bridgehead atoms. The van der Waals surface area contributed by atoms with Crippen LogP contribution in [0.25, 0.3) is 0 Å². The van der Waals surface area contributed by atoms with Gasteiger partial charge in [0.2, 0.25) is 5.91 Å². The molecule has 0 saturated carbocycles. The van der Waals surface area contributed by atoms with Gasteiger partial charge in [-0.05, 0) is 17.7 Å². The average Bonchev–Trinajstić information content (AvgIpc) is 2.56. The lowest BCUT2D eigenvalue weighted by Gasteiger charge is -2.41. The van der Waals surface area contributed by atoms with Crippen molar-refractivity contribution in [1.82, 2.24) is 0 Å². The highest BCUT2D eigenvalue weighted by atomic mass is 16.5. The lowest BCUT2D eigenvalue weighted by Crippen LogP contribution is -2.47. The maximum atomic E-state index is 12.7. The van der Waals surface area contributed by atoms with Crippen LogP contribution >= 0.6 is 0 Å². The molecule has 2 aromatic rings. The fourth-order valence-corrected chi connectivity index (χ4v) is 3.23. The van der Waals surface area contributed by atoms with Crippen molar-refractivity contribution < 1.29 is 9.53 Å². The Kier molecular flexibility index (Phi) is 3.22. The summed E-state index contributed by atoms with van der Waals surface area (Å²) >= 11 is 0. The molecule has 0 saturated heterocycles. The molecule has 0 aromatic heterocycles. The second-order valence-electron chi connectivity index (χ2n) is 5.67. The molecule has 0 fully saturated rings. The fraction of sp³-hybridized carbons (Fsp3) is 0.278. The number of benzene rings is 2. The molecule has 1 amide bonds. The van der Waals surface area contributed by atoms with E-state index >= 15 is 0 Å². The molecule has 22 heavy (non-hydrogen) atoms. The molecule has 2 aromatic carbocycles. The lowest BCUT2D eigenvalue weighted by molar-refractivity contribution is -0.118. The van der Waals surface area contributed by atoms with Gasteiger partial charge in [0.15, 0.2) is 0 Å². The molecule has 0 N–H and O–H groups in total. The Bertz CT molecular complexity index is 699. The topological polar surface area (TPSA) is 32.8 Å². The van der Waals surface area contributed by atoms with E-state index in [0.29, 0.717) is 13.0 Å². The van der Waals surface area contributed by atoms with Crippen LogP contribution in [0.2, 0.25) is 0 Å².